The zero-order valence-corrected chi connectivity index (χ0v) is 21.6. The molecule has 3 amide bonds. The second-order valence-electron chi connectivity index (χ2n) is 9.16. The van der Waals surface area contributed by atoms with Gasteiger partial charge in [-0.05, 0) is 37.8 Å². The van der Waals surface area contributed by atoms with Gasteiger partial charge in [0, 0.05) is 37.2 Å². The molecule has 204 valence electrons. The number of hydrogen-bond donors (Lipinski definition) is 1. The van der Waals surface area contributed by atoms with Crippen molar-refractivity contribution in [2.24, 2.45) is 0 Å². The molecule has 1 N–H and O–H groups in total. The lowest BCUT2D eigenvalue weighted by Crippen LogP contribution is -2.52. The van der Waals surface area contributed by atoms with Gasteiger partial charge in [-0.15, -0.1) is 0 Å². The third-order valence-electron chi connectivity index (χ3n) is 6.31. The van der Waals surface area contributed by atoms with E-state index in [1.54, 1.807) is 18.2 Å². The van der Waals surface area contributed by atoms with Crippen LogP contribution >= 0.6 is 0 Å². The van der Waals surface area contributed by atoms with Gasteiger partial charge < -0.3 is 23.8 Å². The summed E-state index contributed by atoms with van der Waals surface area (Å²) in [4.78, 5) is 50.3. The standard InChI is InChI=1S/C27H38N2O8/c1-2-3-12-34-14-16-36-17-15-35-13-5-4-7-20(30)19-37-24-9-6-8-21-22(24)18-29(27(21)33)23-10-11-25(31)28-26(23)32/h6,8-9,23H,2-5,7,10-19H2,1H3,(H,28,31,32). The Hall–Kier alpha value is -2.82. The maximum atomic E-state index is 12.9. The fraction of sp³-hybridized carbons (Fsp3) is 0.630. The first-order valence-corrected chi connectivity index (χ1v) is 13.2. The number of hydrogen-bond acceptors (Lipinski definition) is 8. The number of piperidine rings is 1. The topological polar surface area (TPSA) is 120 Å². The Balaban J connectivity index is 1.29. The average molecular weight is 519 g/mol. The molecule has 10 heteroatoms. The Morgan fingerprint density at radius 1 is 0.973 bits per heavy atom. The van der Waals surface area contributed by atoms with Crippen LogP contribution in [0, 0.1) is 0 Å². The summed E-state index contributed by atoms with van der Waals surface area (Å²) >= 11 is 0. The largest absolute Gasteiger partial charge is 0.485 e. The zero-order valence-electron chi connectivity index (χ0n) is 21.6. The molecule has 1 fully saturated rings. The van der Waals surface area contributed by atoms with E-state index in [4.69, 9.17) is 18.9 Å². The summed E-state index contributed by atoms with van der Waals surface area (Å²) < 4.78 is 22.2. The summed E-state index contributed by atoms with van der Waals surface area (Å²) in [7, 11) is 0. The van der Waals surface area contributed by atoms with Crippen LogP contribution in [0.5, 0.6) is 5.75 Å². The van der Waals surface area contributed by atoms with Gasteiger partial charge in [-0.25, -0.2) is 0 Å². The molecule has 2 aliphatic rings. The molecule has 1 saturated heterocycles. The first kappa shape index (κ1) is 28.7. The number of rotatable bonds is 18. The summed E-state index contributed by atoms with van der Waals surface area (Å²) in [5, 5.41) is 2.29. The number of nitrogens with zero attached hydrogens (tertiary/aromatic N) is 1. The van der Waals surface area contributed by atoms with E-state index in [9.17, 15) is 19.2 Å². The monoisotopic (exact) mass is 518 g/mol. The van der Waals surface area contributed by atoms with Crippen LogP contribution in [0.3, 0.4) is 0 Å². The Morgan fingerprint density at radius 2 is 1.68 bits per heavy atom. The first-order chi connectivity index (χ1) is 18.0. The van der Waals surface area contributed by atoms with E-state index in [-0.39, 0.29) is 37.2 Å². The van der Waals surface area contributed by atoms with Crippen molar-refractivity contribution in [1.82, 2.24) is 10.2 Å². The van der Waals surface area contributed by atoms with E-state index >= 15 is 0 Å². The number of ketones is 1. The van der Waals surface area contributed by atoms with Crippen LogP contribution < -0.4 is 10.1 Å². The Kier molecular flexibility index (Phi) is 12.0. The second kappa shape index (κ2) is 15.4. The van der Waals surface area contributed by atoms with Crippen molar-refractivity contribution in [2.45, 2.75) is 64.5 Å². The SMILES string of the molecule is CCCCOCCOCCOCCCCC(=O)COc1cccc2c1CN(C1CCC(=O)NC1=O)C2=O. The van der Waals surface area contributed by atoms with Crippen molar-refractivity contribution in [3.63, 3.8) is 0 Å². The number of carbonyl (C=O) groups is 4. The normalized spacial score (nSPS) is 17.2. The number of carbonyl (C=O) groups excluding carboxylic acids is 4. The average Bonchev–Trinajstić information content (AvgIpc) is 3.22. The Bertz CT molecular complexity index is 935. The van der Waals surface area contributed by atoms with Gasteiger partial charge in [0.25, 0.3) is 5.91 Å². The van der Waals surface area contributed by atoms with Gasteiger partial charge in [0.1, 0.15) is 18.4 Å². The zero-order chi connectivity index (χ0) is 26.5. The molecule has 37 heavy (non-hydrogen) atoms. The van der Waals surface area contributed by atoms with Crippen LogP contribution in [0.2, 0.25) is 0 Å². The molecule has 0 aromatic heterocycles. The predicted molar refractivity (Wildman–Crippen MR) is 134 cm³/mol. The van der Waals surface area contributed by atoms with Crippen molar-refractivity contribution in [3.05, 3.63) is 29.3 Å². The molecule has 1 aromatic carbocycles. The van der Waals surface area contributed by atoms with Crippen molar-refractivity contribution >= 4 is 23.5 Å². The summed E-state index contributed by atoms with van der Waals surface area (Å²) in [6.07, 6.45) is 4.53. The molecule has 2 aliphatic heterocycles. The van der Waals surface area contributed by atoms with Crippen molar-refractivity contribution in [3.8, 4) is 5.75 Å². The minimum atomic E-state index is -0.689. The summed E-state index contributed by atoms with van der Waals surface area (Å²) in [6.45, 7) is 5.79. The van der Waals surface area contributed by atoms with Gasteiger partial charge in [-0.3, -0.25) is 24.5 Å². The van der Waals surface area contributed by atoms with E-state index in [0.717, 1.165) is 25.9 Å². The van der Waals surface area contributed by atoms with Crippen LogP contribution in [0.25, 0.3) is 0 Å². The number of Topliss-reactive ketones (excluding diaryl/α,β-unsaturated/α-hetero) is 1. The highest BCUT2D eigenvalue weighted by Crippen LogP contribution is 2.33. The second-order valence-corrected chi connectivity index (χ2v) is 9.16. The highest BCUT2D eigenvalue weighted by Gasteiger charge is 2.40. The predicted octanol–water partition coefficient (Wildman–Crippen LogP) is 2.42. The van der Waals surface area contributed by atoms with Crippen molar-refractivity contribution in [1.29, 1.82) is 0 Å². The smallest absolute Gasteiger partial charge is 0.255 e. The van der Waals surface area contributed by atoms with Crippen LogP contribution in [0.1, 0.15) is 67.8 Å². The number of imide groups is 1. The Morgan fingerprint density at radius 3 is 2.38 bits per heavy atom. The number of nitrogens with one attached hydrogen (secondary N) is 1. The lowest BCUT2D eigenvalue weighted by Gasteiger charge is -2.29. The third kappa shape index (κ3) is 8.91. The lowest BCUT2D eigenvalue weighted by atomic mass is 10.0. The van der Waals surface area contributed by atoms with Gasteiger partial charge in [-0.1, -0.05) is 19.4 Å². The fourth-order valence-electron chi connectivity index (χ4n) is 4.24. The number of benzene rings is 1. The molecule has 1 aromatic rings. The van der Waals surface area contributed by atoms with Crippen LogP contribution in [0.4, 0.5) is 0 Å². The number of ether oxygens (including phenoxy) is 4. The Labute approximate surface area is 217 Å². The molecule has 10 nitrogen and oxygen atoms in total. The molecular weight excluding hydrogens is 480 g/mol. The summed E-state index contributed by atoms with van der Waals surface area (Å²) in [6, 6.07) is 4.42. The number of amides is 3. The molecule has 1 atom stereocenters. The van der Waals surface area contributed by atoms with Crippen LogP contribution in [0.15, 0.2) is 18.2 Å². The van der Waals surface area contributed by atoms with E-state index < -0.39 is 11.9 Å². The fourth-order valence-corrected chi connectivity index (χ4v) is 4.24. The van der Waals surface area contributed by atoms with Gasteiger partial charge in [-0.2, -0.15) is 0 Å². The molecule has 0 bridgehead atoms. The van der Waals surface area contributed by atoms with Gasteiger partial charge >= 0.3 is 0 Å². The first-order valence-electron chi connectivity index (χ1n) is 13.2. The summed E-state index contributed by atoms with van der Waals surface area (Å²) in [5.74, 6) is -0.623. The molecule has 2 heterocycles. The van der Waals surface area contributed by atoms with Crippen molar-refractivity contribution in [2.75, 3.05) is 46.2 Å². The van der Waals surface area contributed by atoms with E-state index in [1.165, 1.54) is 4.90 Å². The molecule has 0 radical (unpaired) electrons. The molecule has 0 saturated carbocycles. The molecule has 1 unspecified atom stereocenters. The van der Waals surface area contributed by atoms with E-state index in [2.05, 4.69) is 12.2 Å². The van der Waals surface area contributed by atoms with E-state index in [0.29, 0.717) is 69.2 Å². The third-order valence-corrected chi connectivity index (χ3v) is 6.31. The quantitative estimate of drug-likeness (QED) is 0.232. The van der Waals surface area contributed by atoms with Gasteiger partial charge in [0.15, 0.2) is 5.78 Å². The number of fused-ring (bicyclic) bond motifs is 1. The number of unbranched alkanes of at least 4 members (excludes halogenated alkanes) is 2. The highest BCUT2D eigenvalue weighted by molar-refractivity contribution is 6.05. The van der Waals surface area contributed by atoms with E-state index in [1.807, 2.05) is 0 Å². The van der Waals surface area contributed by atoms with Crippen LogP contribution in [-0.4, -0.2) is 80.7 Å². The molecule has 0 aliphatic carbocycles. The van der Waals surface area contributed by atoms with Gasteiger partial charge in [0.2, 0.25) is 11.8 Å². The highest BCUT2D eigenvalue weighted by atomic mass is 16.5. The maximum absolute atomic E-state index is 12.9. The molecular formula is C27H38N2O8. The van der Waals surface area contributed by atoms with Crippen LogP contribution in [-0.2, 0) is 35.1 Å². The maximum Gasteiger partial charge on any atom is 0.255 e. The molecule has 3 rings (SSSR count). The lowest BCUT2D eigenvalue weighted by molar-refractivity contribution is -0.137. The minimum absolute atomic E-state index is 0.0321. The minimum Gasteiger partial charge on any atom is -0.485 e. The van der Waals surface area contributed by atoms with Gasteiger partial charge in [0.05, 0.1) is 33.0 Å². The van der Waals surface area contributed by atoms with Crippen molar-refractivity contribution < 1.29 is 38.1 Å². The summed E-state index contributed by atoms with van der Waals surface area (Å²) in [5.41, 5.74) is 1.12. The molecule has 0 spiro atoms.